The zero-order valence-electron chi connectivity index (χ0n) is 18.6. The highest BCUT2D eigenvalue weighted by Gasteiger charge is 2.54. The number of nitrogens with zero attached hydrogens (tertiary/aromatic N) is 1. The summed E-state index contributed by atoms with van der Waals surface area (Å²) in [7, 11) is 0. The number of thioether (sulfide) groups is 1. The van der Waals surface area contributed by atoms with Crippen molar-refractivity contribution in [3.8, 4) is 0 Å². The number of benzene rings is 2. The molecule has 8 nitrogen and oxygen atoms in total. The molecule has 1 N–H and O–H groups in total. The van der Waals surface area contributed by atoms with E-state index < -0.39 is 29.3 Å². The summed E-state index contributed by atoms with van der Waals surface area (Å²) in [5, 5.41) is 2.35. The number of carbonyl (C=O) groups excluding carboxylic acids is 4. The molecule has 2 aliphatic rings. The second kappa shape index (κ2) is 10.6. The molecule has 2 aliphatic heterocycles. The molecule has 2 aromatic carbocycles. The maximum Gasteiger partial charge on any atom is 0.355 e. The van der Waals surface area contributed by atoms with Crippen LogP contribution in [0.15, 0.2) is 71.9 Å². The van der Waals surface area contributed by atoms with Crippen LogP contribution >= 0.6 is 11.8 Å². The fourth-order valence-electron chi connectivity index (χ4n) is 3.77. The molecule has 2 amide bonds. The van der Waals surface area contributed by atoms with Crippen LogP contribution in [0.1, 0.15) is 18.1 Å². The van der Waals surface area contributed by atoms with E-state index in [-0.39, 0.29) is 31.2 Å². The van der Waals surface area contributed by atoms with Gasteiger partial charge in [-0.1, -0.05) is 60.7 Å². The Morgan fingerprint density at radius 1 is 0.971 bits per heavy atom. The van der Waals surface area contributed by atoms with Gasteiger partial charge in [-0.15, -0.1) is 11.8 Å². The topological polar surface area (TPSA) is 102 Å². The Bertz CT molecular complexity index is 1120. The van der Waals surface area contributed by atoms with Crippen LogP contribution in [0.3, 0.4) is 0 Å². The van der Waals surface area contributed by atoms with Gasteiger partial charge in [0, 0.05) is 18.2 Å². The molecule has 0 bridgehead atoms. The van der Waals surface area contributed by atoms with E-state index in [1.165, 1.54) is 23.6 Å². The third-order valence-corrected chi connectivity index (χ3v) is 6.77. The van der Waals surface area contributed by atoms with E-state index in [1.807, 2.05) is 60.7 Å². The minimum Gasteiger partial charge on any atom is -0.461 e. The van der Waals surface area contributed by atoms with Gasteiger partial charge in [0.1, 0.15) is 30.3 Å². The average molecular weight is 481 g/mol. The van der Waals surface area contributed by atoms with Crippen LogP contribution in [0, 0.1) is 0 Å². The number of esters is 2. The molecule has 0 saturated carbocycles. The SMILES string of the molecule is CC(=O)OCC1=C(C(=O)OCc2ccccc2)N2C(=O)C(NC(=O)Cc3ccccc3)C2SC1. The molecule has 176 valence electrons. The highest BCUT2D eigenvalue weighted by molar-refractivity contribution is 8.00. The van der Waals surface area contributed by atoms with E-state index in [0.717, 1.165) is 11.1 Å². The van der Waals surface area contributed by atoms with Gasteiger partial charge in [-0.2, -0.15) is 0 Å². The number of β-lactam (4-membered cyclic amide) rings is 1. The summed E-state index contributed by atoms with van der Waals surface area (Å²) in [6.45, 7) is 1.21. The number of fused-ring (bicyclic) bond motifs is 1. The lowest BCUT2D eigenvalue weighted by Gasteiger charge is -2.49. The summed E-state index contributed by atoms with van der Waals surface area (Å²) in [5.74, 6) is -1.46. The van der Waals surface area contributed by atoms with Gasteiger partial charge in [-0.05, 0) is 11.1 Å². The minimum atomic E-state index is -0.742. The number of amides is 2. The summed E-state index contributed by atoms with van der Waals surface area (Å²) in [4.78, 5) is 51.2. The maximum absolute atomic E-state index is 13.0. The van der Waals surface area contributed by atoms with Gasteiger partial charge in [-0.3, -0.25) is 19.3 Å². The monoisotopic (exact) mass is 480 g/mol. The summed E-state index contributed by atoms with van der Waals surface area (Å²) < 4.78 is 10.6. The third kappa shape index (κ3) is 5.31. The smallest absolute Gasteiger partial charge is 0.355 e. The molecule has 0 aromatic heterocycles. The van der Waals surface area contributed by atoms with E-state index in [9.17, 15) is 19.2 Å². The number of nitrogens with one attached hydrogen (secondary N) is 1. The van der Waals surface area contributed by atoms with E-state index in [4.69, 9.17) is 9.47 Å². The zero-order valence-corrected chi connectivity index (χ0v) is 19.4. The average Bonchev–Trinajstić information content (AvgIpc) is 2.85. The van der Waals surface area contributed by atoms with Crippen molar-refractivity contribution < 1.29 is 28.7 Å². The number of ether oxygens (including phenoxy) is 2. The molecule has 9 heteroatoms. The van der Waals surface area contributed by atoms with Crippen LogP contribution in [0.4, 0.5) is 0 Å². The normalized spacial score (nSPS) is 19.1. The van der Waals surface area contributed by atoms with Crippen LogP contribution in [0.2, 0.25) is 0 Å². The van der Waals surface area contributed by atoms with Gasteiger partial charge in [0.05, 0.1) is 6.42 Å². The van der Waals surface area contributed by atoms with Crippen LogP contribution in [-0.2, 0) is 41.7 Å². The second-order valence-electron chi connectivity index (χ2n) is 7.91. The van der Waals surface area contributed by atoms with Crippen molar-refractivity contribution >= 4 is 35.5 Å². The number of rotatable bonds is 8. The minimum absolute atomic E-state index is 0.0428. The number of hydrogen-bond acceptors (Lipinski definition) is 7. The van der Waals surface area contributed by atoms with E-state index in [2.05, 4.69) is 5.32 Å². The van der Waals surface area contributed by atoms with Crippen molar-refractivity contribution in [3.63, 3.8) is 0 Å². The van der Waals surface area contributed by atoms with Crippen molar-refractivity contribution in [2.75, 3.05) is 12.4 Å². The van der Waals surface area contributed by atoms with Crippen molar-refractivity contribution in [3.05, 3.63) is 83.1 Å². The van der Waals surface area contributed by atoms with Crippen LogP contribution in [0.25, 0.3) is 0 Å². The summed E-state index contributed by atoms with van der Waals surface area (Å²) in [5.41, 5.74) is 2.23. The summed E-state index contributed by atoms with van der Waals surface area (Å²) >= 11 is 1.40. The maximum atomic E-state index is 13.0. The Morgan fingerprint density at radius 2 is 1.62 bits per heavy atom. The zero-order chi connectivity index (χ0) is 24.1. The molecule has 2 aromatic rings. The molecule has 0 spiro atoms. The van der Waals surface area contributed by atoms with E-state index >= 15 is 0 Å². The summed E-state index contributed by atoms with van der Waals surface area (Å²) in [6, 6.07) is 17.7. The van der Waals surface area contributed by atoms with Crippen LogP contribution in [0.5, 0.6) is 0 Å². The highest BCUT2D eigenvalue weighted by atomic mass is 32.2. The van der Waals surface area contributed by atoms with Crippen molar-refractivity contribution in [1.82, 2.24) is 10.2 Å². The van der Waals surface area contributed by atoms with Crippen molar-refractivity contribution in [1.29, 1.82) is 0 Å². The second-order valence-corrected chi connectivity index (χ2v) is 9.02. The first kappa shape index (κ1) is 23.6. The van der Waals surface area contributed by atoms with Crippen LogP contribution < -0.4 is 5.32 Å². The molecule has 1 fully saturated rings. The number of hydrogen-bond donors (Lipinski definition) is 1. The van der Waals surface area contributed by atoms with Gasteiger partial charge in [0.2, 0.25) is 5.91 Å². The molecule has 0 aliphatic carbocycles. The van der Waals surface area contributed by atoms with Gasteiger partial charge in [0.15, 0.2) is 0 Å². The molecule has 2 atom stereocenters. The third-order valence-electron chi connectivity index (χ3n) is 5.43. The quantitative estimate of drug-likeness (QED) is 0.456. The number of carbonyl (C=O) groups is 4. The van der Waals surface area contributed by atoms with Crippen LogP contribution in [-0.4, -0.2) is 52.4 Å². The van der Waals surface area contributed by atoms with Gasteiger partial charge in [-0.25, -0.2) is 4.79 Å². The highest BCUT2D eigenvalue weighted by Crippen LogP contribution is 2.40. The van der Waals surface area contributed by atoms with Crippen molar-refractivity contribution in [2.24, 2.45) is 0 Å². The molecule has 2 unspecified atom stereocenters. The first-order valence-corrected chi connectivity index (χ1v) is 11.8. The Kier molecular flexibility index (Phi) is 7.32. The Hall–Kier alpha value is -3.59. The lowest BCUT2D eigenvalue weighted by atomic mass is 10.0. The Labute approximate surface area is 201 Å². The first-order chi connectivity index (χ1) is 16.4. The fourth-order valence-corrected chi connectivity index (χ4v) is 5.10. The molecular formula is C25H24N2O6S. The predicted octanol–water partition coefficient (Wildman–Crippen LogP) is 2.19. The molecule has 1 saturated heterocycles. The molecule has 34 heavy (non-hydrogen) atoms. The largest absolute Gasteiger partial charge is 0.461 e. The molecular weight excluding hydrogens is 456 g/mol. The Morgan fingerprint density at radius 3 is 2.26 bits per heavy atom. The molecule has 2 heterocycles. The predicted molar refractivity (Wildman–Crippen MR) is 125 cm³/mol. The van der Waals surface area contributed by atoms with Gasteiger partial charge in [0.25, 0.3) is 5.91 Å². The van der Waals surface area contributed by atoms with Gasteiger partial charge < -0.3 is 14.8 Å². The Balaban J connectivity index is 1.47. The first-order valence-electron chi connectivity index (χ1n) is 10.8. The van der Waals surface area contributed by atoms with E-state index in [0.29, 0.717) is 11.3 Å². The van der Waals surface area contributed by atoms with Crippen molar-refractivity contribution in [2.45, 2.75) is 31.4 Å². The standard InChI is InChI=1S/C25H24N2O6S/c1-16(28)32-14-19-15-34-24-21(26-20(29)12-17-8-4-2-5-9-17)23(30)27(24)22(19)25(31)33-13-18-10-6-3-7-11-18/h2-11,21,24H,12-15H2,1H3,(H,26,29). The van der Waals surface area contributed by atoms with E-state index in [1.54, 1.807) is 0 Å². The lowest BCUT2D eigenvalue weighted by Crippen LogP contribution is -2.70. The van der Waals surface area contributed by atoms with Gasteiger partial charge >= 0.3 is 11.9 Å². The lowest BCUT2D eigenvalue weighted by molar-refractivity contribution is -0.153. The molecule has 4 rings (SSSR count). The summed E-state index contributed by atoms with van der Waals surface area (Å²) in [6.07, 6.45) is 0.154. The molecule has 0 radical (unpaired) electrons. The fraction of sp³-hybridized carbons (Fsp3) is 0.280.